The van der Waals surface area contributed by atoms with Gasteiger partial charge in [0.1, 0.15) is 0 Å². The van der Waals surface area contributed by atoms with Crippen LogP contribution in [-0.4, -0.2) is 0 Å². The number of rotatable bonds is 10. The second kappa shape index (κ2) is 23.0. The monoisotopic (exact) mass is 1420 g/mol. The second-order valence-corrected chi connectivity index (χ2v) is 36.0. The fourth-order valence-electron chi connectivity index (χ4n) is 20.6. The Kier molecular flexibility index (Phi) is 13.8. The second-order valence-electron chi connectivity index (χ2n) is 34.9. The van der Waals surface area contributed by atoms with E-state index in [-0.39, 0.29) is 32.5 Å². The number of anilines is 6. The largest absolute Gasteiger partial charge is 0.310 e. The van der Waals surface area contributed by atoms with Gasteiger partial charge in [0.05, 0.1) is 0 Å². The third-order valence-electron chi connectivity index (χ3n) is 26.6. The Morgan fingerprint density at radius 2 is 0.385 bits per heavy atom. The van der Waals surface area contributed by atoms with E-state index in [2.05, 4.69) is 396 Å². The molecule has 21 rings (SSSR count). The maximum Gasteiger partial charge on any atom is 0.0465 e. The van der Waals surface area contributed by atoms with E-state index in [0.717, 1.165) is 0 Å². The van der Waals surface area contributed by atoms with Gasteiger partial charge in [-0.1, -0.05) is 289 Å². The van der Waals surface area contributed by atoms with Crippen LogP contribution in [0, 0.1) is 0 Å². The highest BCUT2D eigenvalue weighted by Gasteiger charge is 2.43. The Hall–Kier alpha value is -11.6. The molecule has 6 aliphatic rings. The molecule has 14 aromatic carbocycles. The summed E-state index contributed by atoms with van der Waals surface area (Å²) in [6.45, 7) is 28.8. The predicted molar refractivity (Wildman–Crippen MR) is 465 cm³/mol. The predicted octanol–water partition coefficient (Wildman–Crippen LogP) is 29.2. The minimum atomic E-state index is -0.246. The first-order valence-corrected chi connectivity index (χ1v) is 39.8. The topological polar surface area (TPSA) is 6.48 Å². The lowest BCUT2D eigenvalue weighted by atomic mass is 9.81. The zero-order valence-corrected chi connectivity index (χ0v) is 65.0. The van der Waals surface area contributed by atoms with Gasteiger partial charge in [0.15, 0.2) is 0 Å². The Morgan fingerprint density at radius 3 is 0.642 bits per heavy atom. The molecule has 0 bridgehead atoms. The molecule has 0 atom stereocenters. The van der Waals surface area contributed by atoms with Crippen LogP contribution in [0.25, 0.3) is 111 Å². The molecule has 0 spiro atoms. The zero-order valence-electron chi connectivity index (χ0n) is 64.2. The lowest BCUT2D eigenvalue weighted by molar-refractivity contribution is 0.659. The molecule has 0 aliphatic heterocycles. The van der Waals surface area contributed by atoms with Gasteiger partial charge in [0.25, 0.3) is 0 Å². The molecule has 3 heteroatoms. The molecule has 2 nitrogen and oxygen atoms in total. The van der Waals surface area contributed by atoms with Gasteiger partial charge in [-0.25, -0.2) is 0 Å². The van der Waals surface area contributed by atoms with Gasteiger partial charge in [-0.2, -0.15) is 0 Å². The molecule has 0 unspecified atom stereocenters. The quantitative estimate of drug-likeness (QED) is 0.126. The van der Waals surface area contributed by atoms with E-state index in [9.17, 15) is 0 Å². The minimum absolute atomic E-state index is 0.134. The third kappa shape index (κ3) is 9.51. The molecule has 0 saturated heterocycles. The summed E-state index contributed by atoms with van der Waals surface area (Å²) in [5, 5.41) is 2.59. The summed E-state index contributed by atoms with van der Waals surface area (Å²) in [6, 6.07) is 107. The van der Waals surface area contributed by atoms with E-state index >= 15 is 0 Å². The first-order valence-electron chi connectivity index (χ1n) is 39.0. The Bertz CT molecular complexity index is 5960. The van der Waals surface area contributed by atoms with Crippen molar-refractivity contribution in [3.8, 4) is 66.8 Å². The summed E-state index contributed by atoms with van der Waals surface area (Å²) in [5.74, 6) is 0. The van der Waals surface area contributed by atoms with Crippen molar-refractivity contribution in [3.05, 3.63) is 368 Å². The van der Waals surface area contributed by atoms with Crippen molar-refractivity contribution in [2.75, 3.05) is 9.80 Å². The molecular weight excluding hydrogens is 1330 g/mol. The van der Waals surface area contributed by atoms with Crippen LogP contribution in [0.2, 0.25) is 0 Å². The van der Waals surface area contributed by atoms with E-state index in [4.69, 9.17) is 0 Å². The summed E-state index contributed by atoms with van der Waals surface area (Å²) in [7, 11) is 0. The van der Waals surface area contributed by atoms with E-state index in [1.54, 1.807) is 0 Å². The number of nitrogens with zero attached hydrogens (tertiary/aromatic N) is 2. The average molecular weight is 1420 g/mol. The van der Waals surface area contributed by atoms with Crippen molar-refractivity contribution in [2.24, 2.45) is 0 Å². The van der Waals surface area contributed by atoms with Gasteiger partial charge in [-0.05, 0) is 253 Å². The van der Waals surface area contributed by atoms with Crippen molar-refractivity contribution in [2.45, 2.75) is 116 Å². The molecule has 0 fully saturated rings. The van der Waals surface area contributed by atoms with E-state index in [1.165, 1.54) is 210 Å². The standard InChI is InChI=1S/C106H86N2S/c1-101(2)87-25-17-13-21-73(87)79-45-37-67(57-93(79)101)107(68-38-46-80-74-22-14-18-26-88(74)102(3,4)94(80)58-68)71-41-49-83-77-43-33-65(55-91(77)105(9,10)97(83)61-71)31-29-63-35-51-99-85(53-63)86-54-64(36-52-100(86)109-99)30-32-66-34-44-78-84-50-42-72(62-98(84)106(11,12)92(78)56-66)108(69-39-47-81-75-23-15-19-27-89(75)103(5,6)95(81)59-69)70-40-48-82-76-24-16-20-28-90(76)104(7,8)96(82)60-70/h13-62H,1-12H3/b31-29+,32-30+. The average Bonchev–Trinajstić information content (AvgIpc) is 1.58. The Morgan fingerprint density at radius 1 is 0.193 bits per heavy atom. The van der Waals surface area contributed by atoms with Crippen LogP contribution in [0.1, 0.15) is 172 Å². The highest BCUT2D eigenvalue weighted by molar-refractivity contribution is 7.25. The van der Waals surface area contributed by atoms with E-state index in [1.807, 2.05) is 11.3 Å². The lowest BCUT2D eigenvalue weighted by Gasteiger charge is -2.31. The van der Waals surface area contributed by atoms with Gasteiger partial charge in [0.2, 0.25) is 0 Å². The van der Waals surface area contributed by atoms with Crippen molar-refractivity contribution >= 4 is 89.9 Å². The summed E-state index contributed by atoms with van der Waals surface area (Å²) in [5.41, 5.74) is 43.2. The van der Waals surface area contributed by atoms with Crippen LogP contribution in [-0.2, 0) is 32.5 Å². The Balaban J connectivity index is 0.561. The van der Waals surface area contributed by atoms with Crippen molar-refractivity contribution < 1.29 is 0 Å². The number of hydrogen-bond donors (Lipinski definition) is 0. The number of fused-ring (bicyclic) bond motifs is 21. The smallest absolute Gasteiger partial charge is 0.0465 e. The van der Waals surface area contributed by atoms with Crippen molar-refractivity contribution in [1.29, 1.82) is 0 Å². The molecule has 1 aromatic heterocycles. The van der Waals surface area contributed by atoms with E-state index in [0.29, 0.717) is 0 Å². The van der Waals surface area contributed by atoms with Crippen LogP contribution in [0.5, 0.6) is 0 Å². The fourth-order valence-corrected chi connectivity index (χ4v) is 21.7. The van der Waals surface area contributed by atoms with Gasteiger partial charge in [0, 0.05) is 86.8 Å². The first kappa shape index (κ1) is 65.7. The molecule has 15 aromatic rings. The molecule has 0 radical (unpaired) electrons. The van der Waals surface area contributed by atoms with Crippen molar-refractivity contribution in [3.63, 3.8) is 0 Å². The van der Waals surface area contributed by atoms with Crippen LogP contribution in [0.3, 0.4) is 0 Å². The van der Waals surface area contributed by atoms with Gasteiger partial charge in [-0.15, -0.1) is 11.3 Å². The van der Waals surface area contributed by atoms with E-state index < -0.39 is 0 Å². The molecule has 109 heavy (non-hydrogen) atoms. The molecule has 526 valence electrons. The summed E-state index contributed by atoms with van der Waals surface area (Å²) < 4.78 is 2.60. The maximum absolute atomic E-state index is 2.53. The molecular formula is C106H86N2S. The summed E-state index contributed by atoms with van der Waals surface area (Å²) in [4.78, 5) is 5.05. The number of thiophene rings is 1. The third-order valence-corrected chi connectivity index (χ3v) is 27.8. The SMILES string of the molecule is CC1(C)c2ccccc2-c2ccc(N(c3ccc4c(c3)C(C)(C)c3ccccc3-4)c3ccc4c(c3)C(C)(C)c3cc(/C=C/c5ccc6sc7ccc(/C=C/c8ccc9c(c8)C(C)(C)c8cc(N(c%10ccc%11c(c%10)C(C)(C)c%10ccccc%10-%11)c%10ccc%11c(c%10)C(C)(C)c%10ccccc%10-%11)ccc8-9)cc7c6c5)ccc3-4)cc21. The Labute approximate surface area is 645 Å². The molecule has 0 N–H and O–H groups in total. The van der Waals surface area contributed by atoms with Gasteiger partial charge in [-0.3, -0.25) is 0 Å². The van der Waals surface area contributed by atoms with Gasteiger partial charge >= 0.3 is 0 Å². The molecule has 0 amide bonds. The molecule has 1 heterocycles. The highest BCUT2D eigenvalue weighted by Crippen LogP contribution is 2.59. The van der Waals surface area contributed by atoms with Crippen LogP contribution >= 0.6 is 11.3 Å². The normalized spacial score (nSPS) is 16.3. The number of benzene rings is 14. The molecule has 0 saturated carbocycles. The number of hydrogen-bond acceptors (Lipinski definition) is 3. The minimum Gasteiger partial charge on any atom is -0.310 e. The summed E-state index contributed by atoms with van der Waals surface area (Å²) >= 11 is 1.88. The van der Waals surface area contributed by atoms with Crippen LogP contribution < -0.4 is 9.80 Å². The molecule has 6 aliphatic carbocycles. The van der Waals surface area contributed by atoms with Gasteiger partial charge < -0.3 is 9.80 Å². The van der Waals surface area contributed by atoms with Crippen LogP contribution in [0.15, 0.2) is 279 Å². The fraction of sp³-hybridized carbons (Fsp3) is 0.170. The van der Waals surface area contributed by atoms with Crippen molar-refractivity contribution in [1.82, 2.24) is 0 Å². The summed E-state index contributed by atoms with van der Waals surface area (Å²) in [6.07, 6.45) is 9.23. The first-order chi connectivity index (χ1) is 52.5. The highest BCUT2D eigenvalue weighted by atomic mass is 32.1. The van der Waals surface area contributed by atoms with Crippen LogP contribution in [0.4, 0.5) is 34.1 Å². The maximum atomic E-state index is 2.53. The lowest BCUT2D eigenvalue weighted by Crippen LogP contribution is -2.19. The zero-order chi connectivity index (χ0) is 74.2.